The van der Waals surface area contributed by atoms with Gasteiger partial charge in [0.25, 0.3) is 0 Å². The molecular formula is C13H26N2O2. The Balaban J connectivity index is 2.22. The molecule has 0 aromatic heterocycles. The van der Waals surface area contributed by atoms with E-state index in [2.05, 4.69) is 4.90 Å². The van der Waals surface area contributed by atoms with Crippen molar-refractivity contribution in [1.82, 2.24) is 4.90 Å². The molecule has 4 nitrogen and oxygen atoms in total. The second-order valence-corrected chi connectivity index (χ2v) is 5.44. The van der Waals surface area contributed by atoms with E-state index in [-0.39, 0.29) is 0 Å². The summed E-state index contributed by atoms with van der Waals surface area (Å²) in [5.74, 6) is -0.898. The monoisotopic (exact) mass is 242 g/mol. The third kappa shape index (κ3) is 5.50. The van der Waals surface area contributed by atoms with Gasteiger partial charge in [-0.05, 0) is 52.2 Å². The molecule has 0 aromatic rings. The first kappa shape index (κ1) is 14.5. The fourth-order valence-corrected chi connectivity index (χ4v) is 2.31. The summed E-state index contributed by atoms with van der Waals surface area (Å²) in [5, 5.41) is 8.92. The summed E-state index contributed by atoms with van der Waals surface area (Å²) < 4.78 is 0. The van der Waals surface area contributed by atoms with Gasteiger partial charge in [-0.2, -0.15) is 0 Å². The van der Waals surface area contributed by atoms with Crippen molar-refractivity contribution in [2.75, 3.05) is 19.6 Å². The maximum atomic E-state index is 10.9. The van der Waals surface area contributed by atoms with Gasteiger partial charge in [0.15, 0.2) is 0 Å². The van der Waals surface area contributed by atoms with E-state index in [0.717, 1.165) is 26.1 Å². The van der Waals surface area contributed by atoms with Gasteiger partial charge in [0.2, 0.25) is 0 Å². The molecule has 100 valence electrons. The second-order valence-electron chi connectivity index (χ2n) is 5.44. The molecule has 1 aliphatic rings. The molecule has 1 aliphatic heterocycles. The van der Waals surface area contributed by atoms with Gasteiger partial charge in [-0.15, -0.1) is 0 Å². The van der Waals surface area contributed by atoms with Crippen LogP contribution in [0, 0.1) is 0 Å². The topological polar surface area (TPSA) is 66.6 Å². The quantitative estimate of drug-likeness (QED) is 0.772. The Morgan fingerprint density at radius 3 is 2.29 bits per heavy atom. The summed E-state index contributed by atoms with van der Waals surface area (Å²) in [5.41, 5.74) is 4.65. The second kappa shape index (κ2) is 6.97. The summed E-state index contributed by atoms with van der Waals surface area (Å²) in [6, 6.07) is 0. The summed E-state index contributed by atoms with van der Waals surface area (Å²) in [7, 11) is 0. The van der Waals surface area contributed by atoms with Crippen LogP contribution in [0.4, 0.5) is 0 Å². The molecule has 1 atom stereocenters. The predicted octanol–water partition coefficient (Wildman–Crippen LogP) is 1.83. The van der Waals surface area contributed by atoms with Crippen LogP contribution in [0.2, 0.25) is 0 Å². The van der Waals surface area contributed by atoms with Gasteiger partial charge in [0.1, 0.15) is 5.54 Å². The lowest BCUT2D eigenvalue weighted by molar-refractivity contribution is -0.142. The molecule has 1 heterocycles. The van der Waals surface area contributed by atoms with Crippen molar-refractivity contribution in [2.24, 2.45) is 5.73 Å². The lowest BCUT2D eigenvalue weighted by Crippen LogP contribution is -2.45. The Hall–Kier alpha value is -0.610. The molecule has 0 amide bonds. The van der Waals surface area contributed by atoms with Gasteiger partial charge in [0, 0.05) is 0 Å². The summed E-state index contributed by atoms with van der Waals surface area (Å²) in [4.78, 5) is 13.3. The van der Waals surface area contributed by atoms with Crippen LogP contribution in [0.5, 0.6) is 0 Å². The summed E-state index contributed by atoms with van der Waals surface area (Å²) in [6.07, 6.45) is 8.02. The Morgan fingerprint density at radius 1 is 1.24 bits per heavy atom. The molecule has 1 saturated heterocycles. The molecule has 1 rings (SSSR count). The third-order valence-electron chi connectivity index (χ3n) is 3.61. The molecule has 0 saturated carbocycles. The van der Waals surface area contributed by atoms with Crippen LogP contribution in [-0.2, 0) is 4.79 Å². The molecular weight excluding hydrogens is 216 g/mol. The van der Waals surface area contributed by atoms with Crippen molar-refractivity contribution in [3.63, 3.8) is 0 Å². The molecule has 3 N–H and O–H groups in total. The zero-order valence-corrected chi connectivity index (χ0v) is 11.0. The van der Waals surface area contributed by atoms with E-state index in [9.17, 15) is 4.79 Å². The zero-order valence-electron chi connectivity index (χ0n) is 11.0. The Morgan fingerprint density at radius 2 is 1.76 bits per heavy atom. The number of carbonyl (C=O) groups is 1. The fraction of sp³-hybridized carbons (Fsp3) is 0.923. The van der Waals surface area contributed by atoms with E-state index >= 15 is 0 Å². The van der Waals surface area contributed by atoms with Crippen LogP contribution >= 0.6 is 0 Å². The van der Waals surface area contributed by atoms with E-state index in [1.165, 1.54) is 32.1 Å². The van der Waals surface area contributed by atoms with E-state index in [1.54, 1.807) is 6.92 Å². The van der Waals surface area contributed by atoms with Gasteiger partial charge in [-0.25, -0.2) is 0 Å². The van der Waals surface area contributed by atoms with Crippen LogP contribution in [-0.4, -0.2) is 41.1 Å². The first-order valence-electron chi connectivity index (χ1n) is 6.77. The summed E-state index contributed by atoms with van der Waals surface area (Å²) >= 11 is 0. The van der Waals surface area contributed by atoms with Crippen LogP contribution in [0.25, 0.3) is 0 Å². The average Bonchev–Trinajstić information content (AvgIpc) is 2.20. The maximum Gasteiger partial charge on any atom is 0.323 e. The molecule has 0 radical (unpaired) electrons. The van der Waals surface area contributed by atoms with E-state index in [1.807, 2.05) is 0 Å². The molecule has 0 spiro atoms. The van der Waals surface area contributed by atoms with Crippen LogP contribution < -0.4 is 5.73 Å². The predicted molar refractivity (Wildman–Crippen MR) is 69.0 cm³/mol. The minimum Gasteiger partial charge on any atom is -0.480 e. The number of aliphatic carboxylic acids is 1. The average molecular weight is 242 g/mol. The van der Waals surface area contributed by atoms with Gasteiger partial charge >= 0.3 is 5.97 Å². The normalized spacial score (nSPS) is 22.5. The van der Waals surface area contributed by atoms with Crippen molar-refractivity contribution in [2.45, 2.75) is 57.4 Å². The highest BCUT2D eigenvalue weighted by molar-refractivity contribution is 5.77. The van der Waals surface area contributed by atoms with Crippen LogP contribution in [0.15, 0.2) is 0 Å². The smallest absolute Gasteiger partial charge is 0.323 e. The van der Waals surface area contributed by atoms with Crippen LogP contribution in [0.1, 0.15) is 51.9 Å². The number of likely N-dealkylation sites (tertiary alicyclic amines) is 1. The standard InChI is InChI=1S/C13H26N2O2/c1-13(14,12(16)17)8-7-11-15-9-5-3-2-4-6-10-15/h2-11,14H2,1H3,(H,16,17). The largest absolute Gasteiger partial charge is 0.480 e. The number of hydrogen-bond donors (Lipinski definition) is 2. The Bertz CT molecular complexity index is 234. The van der Waals surface area contributed by atoms with Gasteiger partial charge in [0.05, 0.1) is 0 Å². The highest BCUT2D eigenvalue weighted by atomic mass is 16.4. The minimum absolute atomic E-state index is 0.554. The van der Waals surface area contributed by atoms with E-state index < -0.39 is 11.5 Å². The number of carboxylic acids is 1. The Labute approximate surface area is 104 Å². The highest BCUT2D eigenvalue weighted by Crippen LogP contribution is 2.13. The molecule has 4 heteroatoms. The number of carboxylic acid groups (broad SMARTS) is 1. The minimum atomic E-state index is -1.07. The first-order valence-corrected chi connectivity index (χ1v) is 6.77. The molecule has 17 heavy (non-hydrogen) atoms. The number of nitrogens with two attached hydrogens (primary N) is 1. The Kier molecular flexibility index (Phi) is 5.92. The van der Waals surface area contributed by atoms with Gasteiger partial charge in [-0.1, -0.05) is 19.3 Å². The number of nitrogens with zero attached hydrogens (tertiary/aromatic N) is 1. The molecule has 0 aliphatic carbocycles. The molecule has 0 aromatic carbocycles. The summed E-state index contributed by atoms with van der Waals surface area (Å²) in [6.45, 7) is 4.91. The van der Waals surface area contributed by atoms with Crippen molar-refractivity contribution in [1.29, 1.82) is 0 Å². The number of hydrogen-bond acceptors (Lipinski definition) is 3. The van der Waals surface area contributed by atoms with Crippen molar-refractivity contribution in [3.05, 3.63) is 0 Å². The molecule has 0 bridgehead atoms. The highest BCUT2D eigenvalue weighted by Gasteiger charge is 2.27. The van der Waals surface area contributed by atoms with E-state index in [4.69, 9.17) is 10.8 Å². The van der Waals surface area contributed by atoms with E-state index in [0.29, 0.717) is 6.42 Å². The third-order valence-corrected chi connectivity index (χ3v) is 3.61. The fourth-order valence-electron chi connectivity index (χ4n) is 2.31. The zero-order chi connectivity index (χ0) is 12.7. The molecule has 1 fully saturated rings. The van der Waals surface area contributed by atoms with Crippen molar-refractivity contribution < 1.29 is 9.90 Å². The van der Waals surface area contributed by atoms with Crippen molar-refractivity contribution in [3.8, 4) is 0 Å². The van der Waals surface area contributed by atoms with Crippen molar-refractivity contribution >= 4 is 5.97 Å². The van der Waals surface area contributed by atoms with Gasteiger partial charge < -0.3 is 15.7 Å². The first-order chi connectivity index (χ1) is 8.02. The maximum absolute atomic E-state index is 10.9. The van der Waals surface area contributed by atoms with Crippen LogP contribution in [0.3, 0.4) is 0 Å². The SMILES string of the molecule is CC(N)(CCCN1CCCCCCC1)C(=O)O. The number of rotatable bonds is 5. The molecule has 1 unspecified atom stereocenters. The van der Waals surface area contributed by atoms with Gasteiger partial charge in [-0.3, -0.25) is 4.79 Å². The lowest BCUT2D eigenvalue weighted by atomic mass is 9.97. The lowest BCUT2D eigenvalue weighted by Gasteiger charge is -2.26.